The number of rotatable bonds is 0. The molecule has 0 aromatic rings. The highest BCUT2D eigenvalue weighted by Crippen LogP contribution is 2.44. The first-order valence-electron chi connectivity index (χ1n) is 4.30. The van der Waals surface area contributed by atoms with Crippen LogP contribution in [-0.4, -0.2) is 5.78 Å². The zero-order chi connectivity index (χ0) is 8.60. The van der Waals surface area contributed by atoms with E-state index in [-0.39, 0.29) is 11.2 Å². The average Bonchev–Trinajstić information content (AvgIpc) is 2.41. The van der Waals surface area contributed by atoms with Crippen LogP contribution in [0.25, 0.3) is 0 Å². The summed E-state index contributed by atoms with van der Waals surface area (Å²) in [5.41, 5.74) is 1.01. The Bertz CT molecular complexity index is 296. The van der Waals surface area contributed by atoms with Crippen molar-refractivity contribution < 1.29 is 4.79 Å². The molecule has 0 bridgehead atoms. The fraction of sp³-hybridized carbons (Fsp3) is 0.364. The lowest BCUT2D eigenvalue weighted by Gasteiger charge is -2.22. The molecule has 62 valence electrons. The number of allylic oxidation sites excluding steroid dienone is 5. The summed E-state index contributed by atoms with van der Waals surface area (Å²) in [5.74, 6) is 0.253. The van der Waals surface area contributed by atoms with Gasteiger partial charge in [0.15, 0.2) is 5.78 Å². The van der Waals surface area contributed by atoms with Crippen molar-refractivity contribution >= 4 is 5.78 Å². The Labute approximate surface area is 72.5 Å². The molecule has 1 spiro atoms. The number of hydrogen-bond donors (Lipinski definition) is 0. The maximum Gasteiger partial charge on any atom is 0.165 e. The van der Waals surface area contributed by atoms with Gasteiger partial charge in [-0.3, -0.25) is 4.79 Å². The molecular weight excluding hydrogens is 148 g/mol. The first kappa shape index (κ1) is 7.53. The van der Waals surface area contributed by atoms with Gasteiger partial charge in [0.1, 0.15) is 0 Å². The standard InChI is InChI=1S/C11H12O/c1-9-5-7-11(8-9)6-3-2-4-10(11)12/h2-4,6H,1,5,7-8H2. The van der Waals surface area contributed by atoms with Crippen LogP contribution in [0.15, 0.2) is 36.5 Å². The van der Waals surface area contributed by atoms with Gasteiger partial charge >= 0.3 is 0 Å². The Morgan fingerprint density at radius 2 is 2.25 bits per heavy atom. The van der Waals surface area contributed by atoms with Crippen molar-refractivity contribution in [2.75, 3.05) is 0 Å². The Morgan fingerprint density at radius 1 is 1.42 bits per heavy atom. The minimum atomic E-state index is -0.203. The van der Waals surface area contributed by atoms with Crippen LogP contribution in [0.3, 0.4) is 0 Å². The van der Waals surface area contributed by atoms with Crippen LogP contribution in [0.1, 0.15) is 19.3 Å². The molecule has 2 aliphatic carbocycles. The molecule has 0 aromatic carbocycles. The van der Waals surface area contributed by atoms with Gasteiger partial charge < -0.3 is 0 Å². The minimum Gasteiger partial charge on any atom is -0.294 e. The fourth-order valence-corrected chi connectivity index (χ4v) is 2.01. The molecule has 2 rings (SSSR count). The van der Waals surface area contributed by atoms with Gasteiger partial charge in [0.2, 0.25) is 0 Å². The smallest absolute Gasteiger partial charge is 0.165 e. The first-order chi connectivity index (χ1) is 5.73. The van der Waals surface area contributed by atoms with Crippen LogP contribution >= 0.6 is 0 Å². The van der Waals surface area contributed by atoms with Gasteiger partial charge in [0.05, 0.1) is 5.41 Å². The average molecular weight is 160 g/mol. The number of carbonyl (C=O) groups excluding carboxylic acids is 1. The van der Waals surface area contributed by atoms with Gasteiger partial charge in [-0.15, -0.1) is 0 Å². The third kappa shape index (κ3) is 0.970. The van der Waals surface area contributed by atoms with Gasteiger partial charge in [-0.1, -0.05) is 30.4 Å². The van der Waals surface area contributed by atoms with Crippen LogP contribution in [0, 0.1) is 5.41 Å². The summed E-state index contributed by atoms with van der Waals surface area (Å²) in [6.07, 6.45) is 10.3. The molecule has 1 unspecified atom stereocenters. The van der Waals surface area contributed by atoms with Crippen LogP contribution in [-0.2, 0) is 4.79 Å². The maximum atomic E-state index is 11.6. The molecular formula is C11H12O. The molecule has 0 aliphatic heterocycles. The van der Waals surface area contributed by atoms with E-state index in [1.54, 1.807) is 6.08 Å². The highest BCUT2D eigenvalue weighted by atomic mass is 16.1. The number of hydrogen-bond acceptors (Lipinski definition) is 1. The summed E-state index contributed by atoms with van der Waals surface area (Å²) < 4.78 is 0. The van der Waals surface area contributed by atoms with E-state index in [1.165, 1.54) is 5.57 Å². The van der Waals surface area contributed by atoms with E-state index >= 15 is 0 Å². The lowest BCUT2D eigenvalue weighted by molar-refractivity contribution is -0.121. The second kappa shape index (κ2) is 2.44. The number of ketones is 1. The van der Waals surface area contributed by atoms with E-state index in [9.17, 15) is 4.79 Å². The number of carbonyl (C=O) groups is 1. The predicted molar refractivity (Wildman–Crippen MR) is 48.7 cm³/mol. The van der Waals surface area contributed by atoms with Crippen molar-refractivity contribution in [2.24, 2.45) is 5.41 Å². The summed E-state index contributed by atoms with van der Waals surface area (Å²) in [6, 6.07) is 0. The fourth-order valence-electron chi connectivity index (χ4n) is 2.01. The molecule has 0 N–H and O–H groups in total. The first-order valence-corrected chi connectivity index (χ1v) is 4.30. The van der Waals surface area contributed by atoms with Crippen molar-refractivity contribution in [1.29, 1.82) is 0 Å². The highest BCUT2D eigenvalue weighted by Gasteiger charge is 2.39. The molecule has 2 aliphatic rings. The summed E-state index contributed by atoms with van der Waals surface area (Å²) in [6.45, 7) is 3.93. The quantitative estimate of drug-likeness (QED) is 0.497. The Morgan fingerprint density at radius 3 is 2.83 bits per heavy atom. The lowest BCUT2D eigenvalue weighted by atomic mass is 9.79. The Hall–Kier alpha value is -1.11. The van der Waals surface area contributed by atoms with E-state index in [0.717, 1.165) is 19.3 Å². The topological polar surface area (TPSA) is 17.1 Å². The van der Waals surface area contributed by atoms with E-state index < -0.39 is 0 Å². The Balaban J connectivity index is 2.32. The van der Waals surface area contributed by atoms with Crippen molar-refractivity contribution in [3.05, 3.63) is 36.5 Å². The summed E-state index contributed by atoms with van der Waals surface area (Å²) >= 11 is 0. The lowest BCUT2D eigenvalue weighted by Crippen LogP contribution is -2.25. The van der Waals surface area contributed by atoms with Gasteiger partial charge in [-0.2, -0.15) is 0 Å². The second-order valence-corrected chi connectivity index (χ2v) is 3.67. The van der Waals surface area contributed by atoms with Crippen LogP contribution in [0.5, 0.6) is 0 Å². The zero-order valence-corrected chi connectivity index (χ0v) is 7.05. The molecule has 1 saturated carbocycles. The van der Waals surface area contributed by atoms with Gasteiger partial charge in [0, 0.05) is 0 Å². The third-order valence-corrected chi connectivity index (χ3v) is 2.75. The molecule has 1 fully saturated rings. The van der Waals surface area contributed by atoms with Crippen molar-refractivity contribution in [1.82, 2.24) is 0 Å². The van der Waals surface area contributed by atoms with Gasteiger partial charge in [-0.25, -0.2) is 0 Å². The van der Waals surface area contributed by atoms with Crippen molar-refractivity contribution in [2.45, 2.75) is 19.3 Å². The predicted octanol–water partition coefficient (Wildman–Crippen LogP) is 2.41. The van der Waals surface area contributed by atoms with Gasteiger partial charge in [0.25, 0.3) is 0 Å². The molecule has 0 heterocycles. The van der Waals surface area contributed by atoms with E-state index in [1.807, 2.05) is 18.2 Å². The van der Waals surface area contributed by atoms with Gasteiger partial charge in [-0.05, 0) is 25.3 Å². The summed E-state index contributed by atoms with van der Waals surface area (Å²) in [4.78, 5) is 11.6. The molecule has 1 atom stereocenters. The zero-order valence-electron chi connectivity index (χ0n) is 7.05. The molecule has 0 aromatic heterocycles. The maximum absolute atomic E-state index is 11.6. The highest BCUT2D eigenvalue weighted by molar-refractivity contribution is 5.98. The van der Waals surface area contributed by atoms with E-state index in [2.05, 4.69) is 6.58 Å². The molecule has 12 heavy (non-hydrogen) atoms. The molecule has 1 nitrogen and oxygen atoms in total. The largest absolute Gasteiger partial charge is 0.294 e. The monoisotopic (exact) mass is 160 g/mol. The van der Waals surface area contributed by atoms with Crippen LogP contribution in [0.4, 0.5) is 0 Å². The van der Waals surface area contributed by atoms with E-state index in [4.69, 9.17) is 0 Å². The Kier molecular flexibility index (Phi) is 1.53. The molecule has 0 radical (unpaired) electrons. The van der Waals surface area contributed by atoms with Crippen molar-refractivity contribution in [3.8, 4) is 0 Å². The normalized spacial score (nSPS) is 33.7. The van der Waals surface area contributed by atoms with Crippen LogP contribution < -0.4 is 0 Å². The molecule has 1 heteroatoms. The summed E-state index contributed by atoms with van der Waals surface area (Å²) in [7, 11) is 0. The summed E-state index contributed by atoms with van der Waals surface area (Å²) in [5, 5.41) is 0. The molecule has 0 saturated heterocycles. The minimum absolute atomic E-state index is 0.203. The van der Waals surface area contributed by atoms with Crippen LogP contribution in [0.2, 0.25) is 0 Å². The van der Waals surface area contributed by atoms with E-state index in [0.29, 0.717) is 0 Å². The second-order valence-electron chi connectivity index (χ2n) is 3.67. The van der Waals surface area contributed by atoms with Crippen molar-refractivity contribution in [3.63, 3.8) is 0 Å². The third-order valence-electron chi connectivity index (χ3n) is 2.75. The molecule has 0 amide bonds. The SMILES string of the molecule is C=C1CCC2(C=CC=CC2=O)C1.